The fourth-order valence-corrected chi connectivity index (χ4v) is 4.59. The Morgan fingerprint density at radius 3 is 2.70 bits per heavy atom. The first-order valence-corrected chi connectivity index (χ1v) is 10.3. The monoisotopic (exact) mass is 393 g/mol. The molecule has 0 unspecified atom stereocenters. The van der Waals surface area contributed by atoms with E-state index in [4.69, 9.17) is 4.74 Å². The Bertz CT molecular complexity index is 894. The van der Waals surface area contributed by atoms with Crippen molar-refractivity contribution in [1.82, 2.24) is 9.80 Å². The van der Waals surface area contributed by atoms with Gasteiger partial charge in [0, 0.05) is 32.7 Å². The summed E-state index contributed by atoms with van der Waals surface area (Å²) < 4.78 is 33.8. The number of sulfonamides is 1. The van der Waals surface area contributed by atoms with Crippen LogP contribution < -0.4 is 0 Å². The van der Waals surface area contributed by atoms with Gasteiger partial charge in [-0.15, -0.1) is 4.40 Å². The van der Waals surface area contributed by atoms with Crippen LogP contribution >= 0.6 is 0 Å². The van der Waals surface area contributed by atoms with Gasteiger partial charge in [0.25, 0.3) is 15.9 Å². The van der Waals surface area contributed by atoms with E-state index < -0.39 is 28.0 Å². The molecule has 1 fully saturated rings. The molecule has 9 heteroatoms. The smallest absolute Gasteiger partial charge is 0.311 e. The van der Waals surface area contributed by atoms with Gasteiger partial charge in [-0.2, -0.15) is 8.42 Å². The van der Waals surface area contributed by atoms with Crippen molar-refractivity contribution < 1.29 is 22.7 Å². The number of carbonyl (C=O) groups excluding carboxylic acids is 2. The van der Waals surface area contributed by atoms with Crippen LogP contribution in [0.1, 0.15) is 25.3 Å². The molecule has 2 atom stereocenters. The average Bonchev–Trinajstić information content (AvgIpc) is 2.92. The predicted octanol–water partition coefficient (Wildman–Crippen LogP) is 0.867. The van der Waals surface area contributed by atoms with E-state index in [0.717, 1.165) is 0 Å². The van der Waals surface area contributed by atoms with Gasteiger partial charge in [-0.3, -0.25) is 9.59 Å². The number of fused-ring (bicyclic) bond motifs is 1. The molecule has 3 rings (SSSR count). The minimum Gasteiger partial charge on any atom is -0.452 e. The minimum atomic E-state index is -3.70. The number of esters is 1. The Balaban J connectivity index is 1.74. The fourth-order valence-electron chi connectivity index (χ4n) is 3.36. The molecule has 0 N–H and O–H groups in total. The molecular weight excluding hydrogens is 370 g/mol. The first kappa shape index (κ1) is 19.3. The molecular formula is C18H23N3O5S. The number of ether oxygens (including phenoxy) is 1. The van der Waals surface area contributed by atoms with E-state index in [9.17, 15) is 18.0 Å². The van der Waals surface area contributed by atoms with Gasteiger partial charge < -0.3 is 14.5 Å². The number of hydrogen-bond acceptors (Lipinski definition) is 6. The molecule has 2 heterocycles. The molecule has 0 aliphatic carbocycles. The van der Waals surface area contributed by atoms with Crippen LogP contribution in [0.5, 0.6) is 0 Å². The number of amides is 1. The van der Waals surface area contributed by atoms with Crippen molar-refractivity contribution >= 4 is 27.7 Å². The lowest BCUT2D eigenvalue weighted by Crippen LogP contribution is -2.44. The molecule has 2 aliphatic rings. The summed E-state index contributed by atoms with van der Waals surface area (Å²) in [7, 11) is -0.497. The molecule has 0 radical (unpaired) electrons. The van der Waals surface area contributed by atoms with Gasteiger partial charge in [0.1, 0.15) is 4.90 Å². The van der Waals surface area contributed by atoms with Crippen molar-refractivity contribution in [2.24, 2.45) is 10.3 Å². The normalized spacial score (nSPS) is 21.8. The minimum absolute atomic E-state index is 0.190. The number of likely N-dealkylation sites (tertiary alicyclic amines) is 1. The molecule has 2 aliphatic heterocycles. The molecule has 1 amide bonds. The van der Waals surface area contributed by atoms with E-state index in [1.165, 1.54) is 11.0 Å². The molecule has 0 spiro atoms. The number of nitrogens with zero attached hydrogens (tertiary/aromatic N) is 3. The molecule has 146 valence electrons. The Hall–Kier alpha value is -2.42. The van der Waals surface area contributed by atoms with Crippen LogP contribution in [0.25, 0.3) is 0 Å². The second kappa shape index (κ2) is 7.30. The second-order valence-corrected chi connectivity index (χ2v) is 8.56. The van der Waals surface area contributed by atoms with Gasteiger partial charge in [0.15, 0.2) is 11.9 Å². The number of piperidine rings is 1. The maximum absolute atomic E-state index is 12.5. The maximum atomic E-state index is 12.5. The lowest BCUT2D eigenvalue weighted by molar-refractivity contribution is -0.162. The summed E-state index contributed by atoms with van der Waals surface area (Å²) in [5.74, 6) is -0.789. The van der Waals surface area contributed by atoms with Gasteiger partial charge in [0.05, 0.1) is 5.92 Å². The molecule has 0 aromatic heterocycles. The average molecular weight is 393 g/mol. The summed E-state index contributed by atoms with van der Waals surface area (Å²) in [6, 6.07) is 6.68. The zero-order chi connectivity index (χ0) is 19.8. The number of carbonyl (C=O) groups is 2. The van der Waals surface area contributed by atoms with E-state index in [-0.39, 0.29) is 10.8 Å². The van der Waals surface area contributed by atoms with E-state index in [1.807, 2.05) is 4.90 Å². The second-order valence-electron chi connectivity index (χ2n) is 6.98. The van der Waals surface area contributed by atoms with Crippen molar-refractivity contribution in [3.05, 3.63) is 29.8 Å². The molecule has 1 aromatic rings. The van der Waals surface area contributed by atoms with Crippen molar-refractivity contribution in [3.8, 4) is 0 Å². The number of amidine groups is 1. The molecule has 27 heavy (non-hydrogen) atoms. The number of rotatable bonds is 3. The highest BCUT2D eigenvalue weighted by Crippen LogP contribution is 2.30. The zero-order valence-electron chi connectivity index (χ0n) is 15.6. The van der Waals surface area contributed by atoms with E-state index >= 15 is 0 Å². The maximum Gasteiger partial charge on any atom is 0.311 e. The quantitative estimate of drug-likeness (QED) is 0.707. The summed E-state index contributed by atoms with van der Waals surface area (Å²) in [4.78, 5) is 27.8. The van der Waals surface area contributed by atoms with Gasteiger partial charge in [0.2, 0.25) is 0 Å². The van der Waals surface area contributed by atoms with Crippen molar-refractivity contribution in [2.75, 3.05) is 27.2 Å². The molecule has 1 aromatic carbocycles. The van der Waals surface area contributed by atoms with Crippen molar-refractivity contribution in [3.63, 3.8) is 0 Å². The summed E-state index contributed by atoms with van der Waals surface area (Å²) in [5.41, 5.74) is 0.558. The largest absolute Gasteiger partial charge is 0.452 e. The number of benzene rings is 1. The highest BCUT2D eigenvalue weighted by Gasteiger charge is 2.36. The number of hydrogen-bond donors (Lipinski definition) is 0. The summed E-state index contributed by atoms with van der Waals surface area (Å²) in [6.07, 6.45) is 0.476. The van der Waals surface area contributed by atoms with Crippen LogP contribution in [0, 0.1) is 5.92 Å². The lowest BCUT2D eigenvalue weighted by atomic mass is 9.97. The van der Waals surface area contributed by atoms with Crippen LogP contribution in [-0.4, -0.2) is 69.2 Å². The summed E-state index contributed by atoms with van der Waals surface area (Å²) >= 11 is 0. The van der Waals surface area contributed by atoms with E-state index in [0.29, 0.717) is 37.3 Å². The fraction of sp³-hybridized carbons (Fsp3) is 0.500. The molecule has 8 nitrogen and oxygen atoms in total. The Labute approximate surface area is 158 Å². The van der Waals surface area contributed by atoms with Crippen molar-refractivity contribution in [2.45, 2.75) is 30.8 Å². The van der Waals surface area contributed by atoms with Crippen molar-refractivity contribution in [1.29, 1.82) is 0 Å². The third kappa shape index (κ3) is 3.83. The van der Waals surface area contributed by atoms with Crippen LogP contribution in [-0.2, 0) is 24.3 Å². The van der Waals surface area contributed by atoms with Gasteiger partial charge >= 0.3 is 5.97 Å². The topological polar surface area (TPSA) is 96.3 Å². The van der Waals surface area contributed by atoms with Crippen LogP contribution in [0.3, 0.4) is 0 Å². The Kier molecular flexibility index (Phi) is 5.23. The zero-order valence-corrected chi connectivity index (χ0v) is 16.4. The van der Waals surface area contributed by atoms with Gasteiger partial charge in [-0.05, 0) is 31.9 Å². The highest BCUT2D eigenvalue weighted by molar-refractivity contribution is 7.90. The van der Waals surface area contributed by atoms with Gasteiger partial charge in [-0.25, -0.2) is 0 Å². The van der Waals surface area contributed by atoms with Crippen LogP contribution in [0.2, 0.25) is 0 Å². The predicted molar refractivity (Wildman–Crippen MR) is 98.7 cm³/mol. The SMILES string of the molecule is C[C@H](OC(=O)[C@H]1CCCN(C2=NS(=O)(=O)c3ccccc32)C1)C(=O)N(C)C. The summed E-state index contributed by atoms with van der Waals surface area (Å²) in [6.45, 7) is 2.47. The van der Waals surface area contributed by atoms with Crippen LogP contribution in [0.15, 0.2) is 33.6 Å². The Morgan fingerprint density at radius 1 is 1.30 bits per heavy atom. The highest BCUT2D eigenvalue weighted by atomic mass is 32.2. The third-order valence-corrected chi connectivity index (χ3v) is 6.07. The number of likely N-dealkylation sites (N-methyl/N-ethyl adjacent to an activating group) is 1. The molecule has 0 saturated carbocycles. The summed E-state index contributed by atoms with van der Waals surface area (Å²) in [5, 5.41) is 0. The van der Waals surface area contributed by atoms with Crippen LogP contribution in [0.4, 0.5) is 0 Å². The lowest BCUT2D eigenvalue weighted by Gasteiger charge is -2.33. The molecule has 0 bridgehead atoms. The third-order valence-electron chi connectivity index (χ3n) is 4.75. The standard InChI is InChI=1S/C18H23N3O5S/c1-12(17(22)20(2)3)26-18(23)13-7-6-10-21(11-13)16-14-8-4-5-9-15(14)27(24,25)19-16/h4-5,8-9,12-13H,6-7,10-11H2,1-3H3/t12-,13-/m0/s1. The van der Waals surface area contributed by atoms with E-state index in [1.54, 1.807) is 39.2 Å². The first-order valence-electron chi connectivity index (χ1n) is 8.81. The van der Waals surface area contributed by atoms with E-state index in [2.05, 4.69) is 4.40 Å². The first-order chi connectivity index (χ1) is 12.7. The molecule has 1 saturated heterocycles. The Morgan fingerprint density at radius 2 is 2.00 bits per heavy atom. The van der Waals surface area contributed by atoms with Gasteiger partial charge in [-0.1, -0.05) is 12.1 Å².